The normalized spacial score (nSPS) is 12.0. The Balaban J connectivity index is 1.40. The molecule has 0 amide bonds. The van der Waals surface area contributed by atoms with Crippen LogP contribution in [0, 0.1) is 23.7 Å². The Morgan fingerprint density at radius 1 is 0.351 bits per heavy atom. The van der Waals surface area contributed by atoms with Crippen molar-refractivity contribution in [2.24, 2.45) is 0 Å². The smallest absolute Gasteiger partial charge is 0.146 e. The lowest BCUT2D eigenvalue weighted by molar-refractivity contribution is 0.479. The van der Waals surface area contributed by atoms with Crippen molar-refractivity contribution >= 4 is 11.4 Å². The van der Waals surface area contributed by atoms with Crippen molar-refractivity contribution < 1.29 is 10.2 Å². The molecule has 0 bridgehead atoms. The van der Waals surface area contributed by atoms with Crippen LogP contribution >= 0.6 is 0 Å². The molecule has 0 radical (unpaired) electrons. The van der Waals surface area contributed by atoms with E-state index in [-0.39, 0.29) is 22.9 Å². The minimum absolute atomic E-state index is 0.00121. The first-order valence-electron chi connectivity index (χ1n) is 18.7. The Hall–Kier alpha value is -7.92. The molecule has 0 saturated heterocycles. The maximum atomic E-state index is 11.6. The molecule has 0 atom stereocenters. The number of hydrogen-bond acceptors (Lipinski definition) is 4. The van der Waals surface area contributed by atoms with Crippen molar-refractivity contribution in [2.75, 3.05) is 11.5 Å². The van der Waals surface area contributed by atoms with E-state index in [4.69, 9.17) is 11.5 Å². The van der Waals surface area contributed by atoms with Gasteiger partial charge in [0.1, 0.15) is 11.5 Å². The van der Waals surface area contributed by atoms with Crippen molar-refractivity contribution in [3.05, 3.63) is 226 Å². The van der Waals surface area contributed by atoms with Gasteiger partial charge in [-0.15, -0.1) is 0 Å². The van der Waals surface area contributed by atoms with Crippen LogP contribution in [-0.4, -0.2) is 10.2 Å². The van der Waals surface area contributed by atoms with Gasteiger partial charge in [-0.2, -0.15) is 0 Å². The maximum Gasteiger partial charge on any atom is 0.146 e. The third kappa shape index (κ3) is 6.22. The van der Waals surface area contributed by atoms with Crippen molar-refractivity contribution in [2.45, 2.75) is 5.41 Å². The number of phenols is 2. The number of aromatic hydroxyl groups is 2. The number of phenolic OH excluding ortho intramolecular Hbond substituents is 2. The van der Waals surface area contributed by atoms with Crippen molar-refractivity contribution in [3.8, 4) is 68.6 Å². The molecule has 0 fully saturated rings. The van der Waals surface area contributed by atoms with Gasteiger partial charge in [0.05, 0.1) is 16.8 Å². The molecule has 6 N–H and O–H groups in total. The first kappa shape index (κ1) is 34.8. The average molecular weight is 733 g/mol. The Kier molecular flexibility index (Phi) is 8.79. The second-order valence-electron chi connectivity index (χ2n) is 14.2. The molecule has 8 aromatic rings. The molecule has 57 heavy (non-hydrogen) atoms. The third-order valence-electron chi connectivity index (χ3n) is 10.7. The Labute approximate surface area is 332 Å². The summed E-state index contributed by atoms with van der Waals surface area (Å²) in [5, 5.41) is 23.1. The zero-order chi connectivity index (χ0) is 38.9. The Morgan fingerprint density at radius 2 is 0.702 bits per heavy atom. The highest BCUT2D eigenvalue weighted by Crippen LogP contribution is 2.59. The average Bonchev–Trinajstić information content (AvgIpc) is 3.55. The summed E-state index contributed by atoms with van der Waals surface area (Å²) in [6.07, 6.45) is 0. The van der Waals surface area contributed by atoms with E-state index in [0.29, 0.717) is 11.1 Å². The monoisotopic (exact) mass is 732 g/mol. The first-order chi connectivity index (χ1) is 27.9. The highest BCUT2D eigenvalue weighted by atomic mass is 16.3. The minimum atomic E-state index is -1.07. The van der Waals surface area contributed by atoms with Crippen LogP contribution in [0.2, 0.25) is 0 Å². The van der Waals surface area contributed by atoms with Crippen LogP contribution in [0.25, 0.3) is 33.4 Å². The fraction of sp³-hybridized carbons (Fsp3) is 0.0189. The van der Waals surface area contributed by atoms with Crippen LogP contribution in [0.3, 0.4) is 0 Å². The molecule has 4 nitrogen and oxygen atoms in total. The van der Waals surface area contributed by atoms with E-state index in [9.17, 15) is 10.2 Å². The number of fused-ring (bicyclic) bond motifs is 3. The van der Waals surface area contributed by atoms with Crippen molar-refractivity contribution in [1.29, 1.82) is 0 Å². The number of nitrogen functional groups attached to an aromatic ring is 2. The summed E-state index contributed by atoms with van der Waals surface area (Å²) in [5.41, 5.74) is 24.8. The van der Waals surface area contributed by atoms with Gasteiger partial charge in [0, 0.05) is 33.4 Å². The second kappa shape index (κ2) is 14.4. The predicted molar refractivity (Wildman–Crippen MR) is 232 cm³/mol. The van der Waals surface area contributed by atoms with Crippen LogP contribution in [0.5, 0.6) is 11.5 Å². The Bertz CT molecular complexity index is 2730. The van der Waals surface area contributed by atoms with Crippen LogP contribution in [0.15, 0.2) is 182 Å². The van der Waals surface area contributed by atoms with E-state index in [1.165, 1.54) is 0 Å². The molecule has 9 rings (SSSR count). The van der Waals surface area contributed by atoms with Crippen LogP contribution in [0.4, 0.5) is 11.4 Å². The molecule has 0 heterocycles. The van der Waals surface area contributed by atoms with Gasteiger partial charge < -0.3 is 21.7 Å². The van der Waals surface area contributed by atoms with Crippen LogP contribution in [0.1, 0.15) is 44.5 Å². The highest BCUT2D eigenvalue weighted by molar-refractivity contribution is 5.91. The molecule has 0 spiro atoms. The lowest BCUT2D eigenvalue weighted by Gasteiger charge is -2.35. The molecule has 0 aliphatic heterocycles. The van der Waals surface area contributed by atoms with E-state index in [2.05, 4.69) is 60.1 Å². The fourth-order valence-corrected chi connectivity index (χ4v) is 8.02. The summed E-state index contributed by atoms with van der Waals surface area (Å²) in [5.74, 6) is 13.5. The summed E-state index contributed by atoms with van der Waals surface area (Å²) in [7, 11) is 0. The van der Waals surface area contributed by atoms with Gasteiger partial charge in [-0.3, -0.25) is 0 Å². The molecule has 4 heteroatoms. The first-order valence-corrected chi connectivity index (χ1v) is 18.7. The number of hydrogen-bond donors (Lipinski definition) is 4. The van der Waals surface area contributed by atoms with Gasteiger partial charge in [-0.1, -0.05) is 133 Å². The molecule has 1 aliphatic rings. The summed E-state index contributed by atoms with van der Waals surface area (Å²) >= 11 is 0. The molecule has 0 saturated carbocycles. The second-order valence-corrected chi connectivity index (χ2v) is 14.2. The fourth-order valence-electron chi connectivity index (χ4n) is 8.02. The van der Waals surface area contributed by atoms with Gasteiger partial charge in [0.15, 0.2) is 0 Å². The van der Waals surface area contributed by atoms with Gasteiger partial charge in [-0.05, 0) is 117 Å². The number of nitrogens with two attached hydrogens (primary N) is 2. The molecular weight excluding hydrogens is 697 g/mol. The molecule has 0 aromatic heterocycles. The van der Waals surface area contributed by atoms with E-state index >= 15 is 0 Å². The van der Waals surface area contributed by atoms with E-state index in [1.807, 2.05) is 146 Å². The van der Waals surface area contributed by atoms with Gasteiger partial charge in [0.25, 0.3) is 0 Å². The topological polar surface area (TPSA) is 92.5 Å². The third-order valence-corrected chi connectivity index (χ3v) is 10.7. The maximum absolute atomic E-state index is 11.6. The lowest BCUT2D eigenvalue weighted by atomic mass is 9.66. The number of rotatable bonds is 4. The molecule has 1 aliphatic carbocycles. The predicted octanol–water partition coefficient (Wildman–Crippen LogP) is 10.8. The standard InChI is InChI=1S/C53H36N2O2/c54-49-33-41(31-45(51(49)56)39-17-9-3-10-18-39)53(42-32-46(52(57)50(55)34-42)40-19-11-4-12-20-40)47-29-37(23-21-35-13-5-1-6-14-35)25-27-43(47)44-28-26-38(30-48(44)53)24-22-36-15-7-2-8-16-36/h1-20,25-34,56-57H,54-55H2. The summed E-state index contributed by atoms with van der Waals surface area (Å²) in [4.78, 5) is 0. The largest absolute Gasteiger partial charge is 0.505 e. The van der Waals surface area contributed by atoms with Gasteiger partial charge in [0.2, 0.25) is 0 Å². The van der Waals surface area contributed by atoms with Gasteiger partial charge >= 0.3 is 0 Å². The van der Waals surface area contributed by atoms with E-state index in [1.54, 1.807) is 0 Å². The lowest BCUT2D eigenvalue weighted by Crippen LogP contribution is -2.29. The van der Waals surface area contributed by atoms with E-state index < -0.39 is 5.41 Å². The summed E-state index contributed by atoms with van der Waals surface area (Å²) in [6.45, 7) is 0. The number of anilines is 2. The quantitative estimate of drug-likeness (QED) is 0.0823. The minimum Gasteiger partial charge on any atom is -0.505 e. The number of benzene rings is 8. The van der Waals surface area contributed by atoms with Crippen molar-refractivity contribution in [3.63, 3.8) is 0 Å². The highest BCUT2D eigenvalue weighted by Gasteiger charge is 2.47. The van der Waals surface area contributed by atoms with Crippen LogP contribution in [-0.2, 0) is 5.41 Å². The molecule has 8 aromatic carbocycles. The zero-order valence-corrected chi connectivity index (χ0v) is 30.9. The SMILES string of the molecule is Nc1cc(C2(c3cc(N)c(O)c(-c4ccccc4)c3)c3cc(C#Cc4ccccc4)ccc3-c3ccc(C#Cc4ccccc4)cc32)cc(-c2ccccc2)c1O. The summed E-state index contributed by atoms with van der Waals surface area (Å²) in [6, 6.07) is 59.8. The van der Waals surface area contributed by atoms with Crippen molar-refractivity contribution in [1.82, 2.24) is 0 Å². The zero-order valence-electron chi connectivity index (χ0n) is 30.9. The van der Waals surface area contributed by atoms with Crippen LogP contribution < -0.4 is 11.5 Å². The molecular formula is C53H36N2O2. The van der Waals surface area contributed by atoms with E-state index in [0.717, 1.165) is 66.8 Å². The molecule has 270 valence electrons. The molecule has 0 unspecified atom stereocenters. The van der Waals surface area contributed by atoms with Gasteiger partial charge in [-0.25, -0.2) is 0 Å². The Morgan fingerprint density at radius 3 is 1.09 bits per heavy atom. The summed E-state index contributed by atoms with van der Waals surface area (Å²) < 4.78 is 0.